The van der Waals surface area contributed by atoms with Gasteiger partial charge in [-0.25, -0.2) is 13.2 Å². The van der Waals surface area contributed by atoms with E-state index in [0.717, 1.165) is 24.2 Å². The van der Waals surface area contributed by atoms with Gasteiger partial charge in [-0.15, -0.1) is 11.3 Å². The van der Waals surface area contributed by atoms with Gasteiger partial charge in [0.1, 0.15) is 15.4 Å². The van der Waals surface area contributed by atoms with E-state index in [9.17, 15) is 18.0 Å². The highest BCUT2D eigenvalue weighted by molar-refractivity contribution is 7.91. The van der Waals surface area contributed by atoms with Crippen LogP contribution in [0.1, 0.15) is 35.0 Å². The molecule has 0 atom stereocenters. The van der Waals surface area contributed by atoms with Crippen LogP contribution in [0.15, 0.2) is 55.9 Å². The number of nitrogens with zero attached hydrogens (tertiary/aromatic N) is 1. The summed E-state index contributed by atoms with van der Waals surface area (Å²) in [6.07, 6.45) is 1.73. The summed E-state index contributed by atoms with van der Waals surface area (Å²) in [5, 5.41) is 3.33. The Hall–Kier alpha value is -2.49. The fourth-order valence-electron chi connectivity index (χ4n) is 3.43. The average molecular weight is 447 g/mol. The maximum atomic E-state index is 12.8. The third-order valence-electron chi connectivity index (χ3n) is 5.28. The molecule has 3 heterocycles. The van der Waals surface area contributed by atoms with Gasteiger partial charge in [-0.2, -0.15) is 4.31 Å². The highest BCUT2D eigenvalue weighted by atomic mass is 32.2. The van der Waals surface area contributed by atoms with Gasteiger partial charge < -0.3 is 9.73 Å². The first-order valence-corrected chi connectivity index (χ1v) is 12.0. The minimum absolute atomic E-state index is 0.0828. The van der Waals surface area contributed by atoms with E-state index in [1.165, 1.54) is 10.4 Å². The Kier molecular flexibility index (Phi) is 5.77. The minimum atomic E-state index is -3.51. The van der Waals surface area contributed by atoms with Crippen molar-refractivity contribution in [2.75, 3.05) is 13.1 Å². The highest BCUT2D eigenvalue weighted by Crippen LogP contribution is 2.28. The standard InChI is InChI=1S/C21H22N2O5S2/c1-14-8-10-23(11-9-14)30(26,27)19-7-6-16(29-19)13-22-20(24)17-12-15-4-2-3-5-18(15)28-21(17)25/h2-7,12,14H,8-11,13H2,1H3,(H,22,24). The third kappa shape index (κ3) is 4.19. The number of hydrogen-bond donors (Lipinski definition) is 1. The monoisotopic (exact) mass is 446 g/mol. The van der Waals surface area contributed by atoms with Crippen molar-refractivity contribution < 1.29 is 17.6 Å². The number of nitrogens with one attached hydrogen (secondary N) is 1. The van der Waals surface area contributed by atoms with Gasteiger partial charge in [-0.1, -0.05) is 25.1 Å². The minimum Gasteiger partial charge on any atom is -0.422 e. The summed E-state index contributed by atoms with van der Waals surface area (Å²) in [5.41, 5.74) is -0.375. The summed E-state index contributed by atoms with van der Waals surface area (Å²) in [5.74, 6) is -0.0179. The number of benzene rings is 1. The Morgan fingerprint density at radius 1 is 1.20 bits per heavy atom. The van der Waals surface area contributed by atoms with Gasteiger partial charge >= 0.3 is 5.63 Å². The molecule has 30 heavy (non-hydrogen) atoms. The third-order valence-corrected chi connectivity index (χ3v) is 8.73. The molecule has 0 saturated carbocycles. The lowest BCUT2D eigenvalue weighted by Crippen LogP contribution is -2.37. The van der Waals surface area contributed by atoms with Gasteiger partial charge in [0.15, 0.2) is 0 Å². The lowest BCUT2D eigenvalue weighted by Gasteiger charge is -2.28. The van der Waals surface area contributed by atoms with Gasteiger partial charge in [0.2, 0.25) is 0 Å². The van der Waals surface area contributed by atoms with E-state index in [1.807, 2.05) is 0 Å². The van der Waals surface area contributed by atoms with Crippen molar-refractivity contribution >= 4 is 38.2 Å². The first-order valence-electron chi connectivity index (χ1n) is 9.74. The molecular weight excluding hydrogens is 424 g/mol. The Balaban J connectivity index is 1.45. The van der Waals surface area contributed by atoms with E-state index in [4.69, 9.17) is 4.42 Å². The predicted molar refractivity (Wildman–Crippen MR) is 115 cm³/mol. The molecule has 2 aromatic heterocycles. The molecule has 0 unspecified atom stereocenters. The first kappa shape index (κ1) is 20.8. The highest BCUT2D eigenvalue weighted by Gasteiger charge is 2.29. The lowest BCUT2D eigenvalue weighted by molar-refractivity contribution is 0.0948. The summed E-state index contributed by atoms with van der Waals surface area (Å²) < 4.78 is 32.7. The van der Waals surface area contributed by atoms with Crippen LogP contribution in [0.4, 0.5) is 0 Å². The topological polar surface area (TPSA) is 96.7 Å². The van der Waals surface area contributed by atoms with Crippen molar-refractivity contribution in [2.24, 2.45) is 5.92 Å². The van der Waals surface area contributed by atoms with Crippen molar-refractivity contribution in [3.05, 3.63) is 63.3 Å². The van der Waals surface area contributed by atoms with Crippen molar-refractivity contribution in [3.8, 4) is 0 Å². The molecule has 1 saturated heterocycles. The number of hydrogen-bond acceptors (Lipinski definition) is 6. The van der Waals surface area contributed by atoms with E-state index < -0.39 is 21.6 Å². The second-order valence-corrected chi connectivity index (χ2v) is 10.8. The van der Waals surface area contributed by atoms with Crippen LogP contribution in [0, 0.1) is 5.92 Å². The normalized spacial score (nSPS) is 16.0. The number of carbonyl (C=O) groups is 1. The average Bonchev–Trinajstić information content (AvgIpc) is 3.22. The van der Waals surface area contributed by atoms with Gasteiger partial charge in [0.25, 0.3) is 15.9 Å². The van der Waals surface area contributed by atoms with E-state index in [1.54, 1.807) is 36.4 Å². The molecule has 0 bridgehead atoms. The maximum Gasteiger partial charge on any atom is 0.349 e. The van der Waals surface area contributed by atoms with Gasteiger partial charge in [-0.05, 0) is 43.0 Å². The fraction of sp³-hybridized carbons (Fsp3) is 0.333. The number of sulfonamides is 1. The van der Waals surface area contributed by atoms with Gasteiger partial charge in [0.05, 0.1) is 6.54 Å². The fourth-order valence-corrected chi connectivity index (χ4v) is 6.35. The molecule has 4 rings (SSSR count). The molecule has 1 aliphatic heterocycles. The van der Waals surface area contributed by atoms with Crippen LogP contribution < -0.4 is 10.9 Å². The molecule has 1 aliphatic rings. The molecule has 1 amide bonds. The van der Waals surface area contributed by atoms with E-state index in [-0.39, 0.29) is 16.3 Å². The van der Waals surface area contributed by atoms with Crippen LogP contribution in [0.3, 0.4) is 0 Å². The molecule has 0 spiro atoms. The predicted octanol–water partition coefficient (Wildman–Crippen LogP) is 3.21. The number of fused-ring (bicyclic) bond motifs is 1. The first-order chi connectivity index (χ1) is 14.3. The largest absolute Gasteiger partial charge is 0.422 e. The molecule has 7 nitrogen and oxygen atoms in total. The van der Waals surface area contributed by atoms with E-state index in [2.05, 4.69) is 12.2 Å². The van der Waals surface area contributed by atoms with Crippen molar-refractivity contribution in [1.29, 1.82) is 0 Å². The Labute approximate surface area is 178 Å². The maximum absolute atomic E-state index is 12.8. The number of piperidine rings is 1. The molecule has 1 N–H and O–H groups in total. The van der Waals surface area contributed by atoms with Crippen molar-refractivity contribution in [2.45, 2.75) is 30.5 Å². The van der Waals surface area contributed by atoms with Gasteiger partial charge in [0, 0.05) is 23.4 Å². The number of para-hydroxylation sites is 1. The lowest BCUT2D eigenvalue weighted by atomic mass is 10.0. The number of rotatable bonds is 5. The molecule has 9 heteroatoms. The summed E-state index contributed by atoms with van der Waals surface area (Å²) in [6, 6.07) is 11.7. The summed E-state index contributed by atoms with van der Waals surface area (Å²) in [6.45, 7) is 3.32. The molecule has 0 radical (unpaired) electrons. The second kappa shape index (κ2) is 8.33. The quantitative estimate of drug-likeness (QED) is 0.607. The van der Waals surface area contributed by atoms with Crippen LogP contribution >= 0.6 is 11.3 Å². The van der Waals surface area contributed by atoms with Crippen LogP contribution in [-0.4, -0.2) is 31.7 Å². The zero-order valence-electron chi connectivity index (χ0n) is 16.5. The SMILES string of the molecule is CC1CCN(S(=O)(=O)c2ccc(CNC(=O)c3cc4ccccc4oc3=O)s2)CC1. The zero-order chi connectivity index (χ0) is 21.3. The second-order valence-electron chi connectivity index (χ2n) is 7.48. The Bertz CT molecular complexity index is 1240. The molecule has 3 aromatic rings. The molecule has 1 fully saturated rings. The van der Waals surface area contributed by atoms with Crippen LogP contribution in [-0.2, 0) is 16.6 Å². The zero-order valence-corrected chi connectivity index (χ0v) is 18.1. The number of thiophene rings is 1. The van der Waals surface area contributed by atoms with Gasteiger partial charge in [-0.3, -0.25) is 4.79 Å². The Morgan fingerprint density at radius 3 is 2.70 bits per heavy atom. The molecule has 0 aliphatic carbocycles. The molecular formula is C21H22N2O5S2. The van der Waals surface area contributed by atoms with Crippen molar-refractivity contribution in [3.63, 3.8) is 0 Å². The number of amides is 1. The molecule has 158 valence electrons. The van der Waals surface area contributed by atoms with E-state index >= 15 is 0 Å². The summed E-state index contributed by atoms with van der Waals surface area (Å²) >= 11 is 1.13. The summed E-state index contributed by atoms with van der Waals surface area (Å²) in [4.78, 5) is 25.3. The molecule has 1 aromatic carbocycles. The van der Waals surface area contributed by atoms with Crippen LogP contribution in [0.25, 0.3) is 11.0 Å². The Morgan fingerprint density at radius 2 is 1.93 bits per heavy atom. The van der Waals surface area contributed by atoms with Crippen molar-refractivity contribution in [1.82, 2.24) is 9.62 Å². The van der Waals surface area contributed by atoms with Crippen LogP contribution in [0.2, 0.25) is 0 Å². The number of carbonyl (C=O) groups excluding carboxylic acids is 1. The smallest absolute Gasteiger partial charge is 0.349 e. The van der Waals surface area contributed by atoms with Crippen LogP contribution in [0.5, 0.6) is 0 Å². The van der Waals surface area contributed by atoms with E-state index in [0.29, 0.717) is 34.9 Å². The summed E-state index contributed by atoms with van der Waals surface area (Å²) in [7, 11) is -3.51.